The van der Waals surface area contributed by atoms with Crippen LogP contribution < -0.4 is 4.74 Å². The van der Waals surface area contributed by atoms with Gasteiger partial charge in [0.15, 0.2) is 0 Å². The molecule has 1 aliphatic rings. The van der Waals surface area contributed by atoms with Gasteiger partial charge in [-0.1, -0.05) is 42.0 Å². The molecule has 5 heteroatoms. The fourth-order valence-corrected chi connectivity index (χ4v) is 3.34. The zero-order chi connectivity index (χ0) is 20.4. The van der Waals surface area contributed by atoms with Gasteiger partial charge in [-0.2, -0.15) is 0 Å². The number of carboxylic acids is 1. The molecule has 0 aromatic heterocycles. The molecular formula is C23H30O5. The number of ketones is 1. The average Bonchev–Trinajstić information content (AvgIpc) is 3.02. The van der Waals surface area contributed by atoms with Gasteiger partial charge < -0.3 is 14.9 Å². The summed E-state index contributed by atoms with van der Waals surface area (Å²) in [4.78, 5) is 22.7. The molecule has 1 unspecified atom stereocenters. The minimum Gasteiger partial charge on any atom is -0.488 e. The van der Waals surface area contributed by atoms with Gasteiger partial charge in [-0.25, -0.2) is 0 Å². The number of aliphatic hydroxyl groups excluding tert-OH is 1. The van der Waals surface area contributed by atoms with Crippen LogP contribution in [-0.4, -0.2) is 34.2 Å². The maximum Gasteiger partial charge on any atom is 0.303 e. The van der Waals surface area contributed by atoms with Crippen LogP contribution >= 0.6 is 0 Å². The van der Waals surface area contributed by atoms with Crippen LogP contribution in [0.3, 0.4) is 0 Å². The third-order valence-corrected chi connectivity index (χ3v) is 5.04. The number of rotatable bonds is 12. The van der Waals surface area contributed by atoms with E-state index in [0.717, 1.165) is 11.3 Å². The lowest BCUT2D eigenvalue weighted by atomic mass is 9.92. The molecule has 1 aliphatic carbocycles. The number of benzene rings is 1. The molecule has 0 spiro atoms. The summed E-state index contributed by atoms with van der Waals surface area (Å²) in [7, 11) is 0. The minimum atomic E-state index is -0.784. The molecule has 0 fully saturated rings. The molecule has 0 bridgehead atoms. The molecule has 5 nitrogen and oxygen atoms in total. The highest BCUT2D eigenvalue weighted by Gasteiger charge is 2.27. The van der Waals surface area contributed by atoms with Gasteiger partial charge in [0.2, 0.25) is 0 Å². The fourth-order valence-electron chi connectivity index (χ4n) is 3.34. The first-order valence-corrected chi connectivity index (χ1v) is 9.95. The third-order valence-electron chi connectivity index (χ3n) is 5.04. The van der Waals surface area contributed by atoms with Crippen molar-refractivity contribution in [3.63, 3.8) is 0 Å². The maximum atomic E-state index is 12.2. The molecule has 0 saturated carbocycles. The maximum absolute atomic E-state index is 12.2. The summed E-state index contributed by atoms with van der Waals surface area (Å²) in [5.41, 5.74) is 1.09. The Morgan fingerprint density at radius 2 is 2.04 bits per heavy atom. The predicted molar refractivity (Wildman–Crippen MR) is 108 cm³/mol. The third kappa shape index (κ3) is 7.31. The summed E-state index contributed by atoms with van der Waals surface area (Å²) in [6, 6.07) is 9.42. The molecule has 0 amide bonds. The molecule has 2 rings (SSSR count). The monoisotopic (exact) mass is 386 g/mol. The summed E-state index contributed by atoms with van der Waals surface area (Å²) in [6.07, 6.45) is 8.79. The van der Waals surface area contributed by atoms with Crippen LogP contribution in [0.5, 0.6) is 5.75 Å². The highest BCUT2D eigenvalue weighted by molar-refractivity contribution is 5.88. The number of Topliss-reactive ketones (excluding diaryl/α,β-unsaturated/α-hetero) is 1. The van der Waals surface area contributed by atoms with Crippen LogP contribution in [0.2, 0.25) is 0 Å². The van der Waals surface area contributed by atoms with Crippen molar-refractivity contribution in [3.8, 4) is 5.75 Å². The number of allylic oxidation sites excluding steroid dienone is 4. The first-order valence-electron chi connectivity index (χ1n) is 9.95. The molecule has 2 N–H and O–H groups in total. The number of hydrogen-bond donors (Lipinski definition) is 2. The lowest BCUT2D eigenvalue weighted by molar-refractivity contribution is -0.137. The first kappa shape index (κ1) is 21.9. The van der Waals surface area contributed by atoms with E-state index in [2.05, 4.69) is 0 Å². The van der Waals surface area contributed by atoms with E-state index >= 15 is 0 Å². The van der Waals surface area contributed by atoms with Crippen molar-refractivity contribution in [2.75, 3.05) is 0 Å². The molecule has 0 radical (unpaired) electrons. The van der Waals surface area contributed by atoms with Gasteiger partial charge in [0, 0.05) is 18.8 Å². The van der Waals surface area contributed by atoms with Gasteiger partial charge in [-0.3, -0.25) is 9.59 Å². The number of para-hydroxylation sites is 1. The Morgan fingerprint density at radius 1 is 1.29 bits per heavy atom. The van der Waals surface area contributed by atoms with Crippen LogP contribution in [-0.2, 0) is 9.59 Å². The molecule has 0 aliphatic heterocycles. The zero-order valence-electron chi connectivity index (χ0n) is 16.4. The minimum absolute atomic E-state index is 0.117. The van der Waals surface area contributed by atoms with Gasteiger partial charge in [0.05, 0.1) is 6.10 Å². The van der Waals surface area contributed by atoms with E-state index < -0.39 is 12.1 Å². The van der Waals surface area contributed by atoms with Crippen molar-refractivity contribution in [2.24, 2.45) is 5.92 Å². The number of carbonyl (C=O) groups excluding carboxylic acids is 1. The van der Waals surface area contributed by atoms with Gasteiger partial charge >= 0.3 is 5.97 Å². The van der Waals surface area contributed by atoms with Crippen molar-refractivity contribution in [3.05, 3.63) is 54.1 Å². The zero-order valence-corrected chi connectivity index (χ0v) is 16.4. The Bertz CT molecular complexity index is 692. The molecular weight excluding hydrogens is 356 g/mol. The second kappa shape index (κ2) is 11.4. The topological polar surface area (TPSA) is 83.8 Å². The molecule has 0 saturated heterocycles. The summed E-state index contributed by atoms with van der Waals surface area (Å²) in [5, 5.41) is 19.0. The second-order valence-corrected chi connectivity index (χ2v) is 7.24. The smallest absolute Gasteiger partial charge is 0.303 e. The van der Waals surface area contributed by atoms with Crippen molar-refractivity contribution >= 4 is 11.8 Å². The summed E-state index contributed by atoms with van der Waals surface area (Å²) >= 11 is 0. The number of carboxylic acid groups (broad SMARTS) is 1. The Hall–Kier alpha value is -2.40. The van der Waals surface area contributed by atoms with E-state index in [4.69, 9.17) is 9.84 Å². The van der Waals surface area contributed by atoms with Crippen molar-refractivity contribution in [1.82, 2.24) is 0 Å². The van der Waals surface area contributed by atoms with Crippen LogP contribution in [0.25, 0.3) is 0 Å². The van der Waals surface area contributed by atoms with E-state index in [1.165, 1.54) is 0 Å². The molecule has 3 atom stereocenters. The average molecular weight is 386 g/mol. The molecule has 0 heterocycles. The molecule has 28 heavy (non-hydrogen) atoms. The predicted octanol–water partition coefficient (Wildman–Crippen LogP) is 4.31. The Labute approximate surface area is 166 Å². The lowest BCUT2D eigenvalue weighted by Crippen LogP contribution is -2.29. The van der Waals surface area contributed by atoms with Gasteiger partial charge in [0.25, 0.3) is 0 Å². The summed E-state index contributed by atoms with van der Waals surface area (Å²) in [5.74, 6) is 0.0466. The summed E-state index contributed by atoms with van der Waals surface area (Å²) < 4.78 is 5.77. The number of aliphatic hydroxyl groups is 1. The number of ether oxygens (including phenoxy) is 1. The van der Waals surface area contributed by atoms with Crippen LogP contribution in [0.4, 0.5) is 0 Å². The normalized spacial score (nSPS) is 18.9. The Morgan fingerprint density at radius 3 is 2.75 bits per heavy atom. The summed E-state index contributed by atoms with van der Waals surface area (Å²) in [6.45, 7) is 1.85. The van der Waals surface area contributed by atoms with Gasteiger partial charge in [-0.15, -0.1) is 0 Å². The van der Waals surface area contributed by atoms with E-state index in [9.17, 15) is 14.7 Å². The van der Waals surface area contributed by atoms with Gasteiger partial charge in [-0.05, 0) is 51.2 Å². The molecule has 1 aromatic rings. The number of hydrogen-bond acceptors (Lipinski definition) is 4. The van der Waals surface area contributed by atoms with Crippen molar-refractivity contribution in [1.29, 1.82) is 0 Å². The lowest BCUT2D eigenvalue weighted by Gasteiger charge is -2.21. The number of unbranched alkanes of at least 4 members (excludes halogenated alkanes) is 1. The Balaban J connectivity index is 1.76. The highest BCUT2D eigenvalue weighted by Crippen LogP contribution is 2.30. The van der Waals surface area contributed by atoms with Crippen molar-refractivity contribution < 1.29 is 24.5 Å². The molecule has 1 aromatic carbocycles. The standard InChI is InChI=1S/C23H30O5/c1-17(28-19-9-5-4-6-10-19)21(24)15-13-18-14-16-22(25)20(18)11-7-2-3-8-12-23(26)27/h2,4-7,9-10,14,17,20-21,24H,3,8,11-13,15-16H2,1H3,(H,26,27)/b7-2-/t17?,20-,21+/m1/s1. The largest absolute Gasteiger partial charge is 0.488 e. The van der Waals surface area contributed by atoms with Crippen LogP contribution in [0, 0.1) is 5.92 Å². The van der Waals surface area contributed by atoms with Crippen LogP contribution in [0.1, 0.15) is 51.9 Å². The van der Waals surface area contributed by atoms with E-state index in [0.29, 0.717) is 38.5 Å². The van der Waals surface area contributed by atoms with E-state index in [-0.39, 0.29) is 24.2 Å². The number of carbonyl (C=O) groups is 2. The van der Waals surface area contributed by atoms with Crippen LogP contribution in [0.15, 0.2) is 54.1 Å². The van der Waals surface area contributed by atoms with Crippen molar-refractivity contribution in [2.45, 2.75) is 64.1 Å². The quantitative estimate of drug-likeness (QED) is 0.413. The van der Waals surface area contributed by atoms with Gasteiger partial charge in [0.1, 0.15) is 17.6 Å². The fraction of sp³-hybridized carbons (Fsp3) is 0.478. The SMILES string of the molecule is CC(Oc1ccccc1)[C@@H](O)CCC1=CCC(=O)[C@@H]1C/C=C\CCCC(=O)O. The molecule has 152 valence electrons. The second-order valence-electron chi connectivity index (χ2n) is 7.24. The van der Waals surface area contributed by atoms with E-state index in [1.54, 1.807) is 0 Å². The van der Waals surface area contributed by atoms with E-state index in [1.807, 2.05) is 55.5 Å². The number of aliphatic carboxylic acids is 1. The Kier molecular flexibility index (Phi) is 8.95. The highest BCUT2D eigenvalue weighted by atomic mass is 16.5. The first-order chi connectivity index (χ1) is 13.5.